The average Bonchev–Trinajstić information content (AvgIpc) is 3.33. The first-order valence-corrected chi connectivity index (χ1v) is 9.84. The number of halogens is 1. The number of aromatic amines is 1. The predicted molar refractivity (Wildman–Crippen MR) is 111 cm³/mol. The number of amides is 1. The van der Waals surface area contributed by atoms with Crippen molar-refractivity contribution in [1.29, 1.82) is 0 Å². The van der Waals surface area contributed by atoms with Crippen molar-refractivity contribution in [2.75, 3.05) is 6.54 Å². The smallest absolute Gasteiger partial charge is 0.220 e. The number of hydrogen-bond acceptors (Lipinski definition) is 1. The lowest BCUT2D eigenvalue weighted by molar-refractivity contribution is -0.121. The van der Waals surface area contributed by atoms with Crippen LogP contribution >= 0.6 is 11.6 Å². The van der Waals surface area contributed by atoms with E-state index in [1.165, 1.54) is 0 Å². The topological polar surface area (TPSA) is 44.9 Å². The van der Waals surface area contributed by atoms with Gasteiger partial charge in [-0.15, -0.1) is 0 Å². The van der Waals surface area contributed by atoms with Crippen LogP contribution in [0, 0.1) is 5.92 Å². The summed E-state index contributed by atoms with van der Waals surface area (Å²) in [6.45, 7) is 0.529. The second-order valence-electron chi connectivity index (χ2n) is 7.14. The standard InChI is InChI=1S/C23H23ClN2O/c24-21-11-5-3-9-17(21)19(15-26-23(27)13-16-7-1-2-8-16)20-14-25-22-12-6-4-10-18(20)22/h1,3-7,9-12,14,16,19,25H,2,8,13,15H2,(H,26,27)/t16-,19+/m0/s1. The molecule has 138 valence electrons. The van der Waals surface area contributed by atoms with Gasteiger partial charge in [-0.2, -0.15) is 0 Å². The van der Waals surface area contributed by atoms with Crippen molar-refractivity contribution in [2.45, 2.75) is 25.2 Å². The van der Waals surface area contributed by atoms with Crippen molar-refractivity contribution >= 4 is 28.4 Å². The molecule has 0 radical (unpaired) electrons. The molecule has 0 unspecified atom stereocenters. The Bertz CT molecular complexity index is 975. The Morgan fingerprint density at radius 2 is 1.96 bits per heavy atom. The predicted octanol–water partition coefficient (Wildman–Crippen LogP) is 5.43. The Morgan fingerprint density at radius 1 is 1.15 bits per heavy atom. The molecule has 2 N–H and O–H groups in total. The lowest BCUT2D eigenvalue weighted by atomic mass is 9.90. The molecule has 4 heteroatoms. The molecule has 0 bridgehead atoms. The second-order valence-corrected chi connectivity index (χ2v) is 7.54. The van der Waals surface area contributed by atoms with Gasteiger partial charge in [0.25, 0.3) is 0 Å². The maximum atomic E-state index is 12.5. The molecular formula is C23H23ClN2O. The van der Waals surface area contributed by atoms with Gasteiger partial charge >= 0.3 is 0 Å². The van der Waals surface area contributed by atoms with Gasteiger partial charge in [-0.25, -0.2) is 0 Å². The van der Waals surface area contributed by atoms with Gasteiger partial charge in [0.2, 0.25) is 5.91 Å². The fourth-order valence-corrected chi connectivity index (χ4v) is 4.19. The van der Waals surface area contributed by atoms with Crippen LogP contribution in [0.25, 0.3) is 10.9 Å². The van der Waals surface area contributed by atoms with Crippen LogP contribution in [0.4, 0.5) is 0 Å². The number of aromatic nitrogens is 1. The normalized spacial score (nSPS) is 17.3. The zero-order chi connectivity index (χ0) is 18.6. The Hall–Kier alpha value is -2.52. The van der Waals surface area contributed by atoms with Gasteiger partial charge in [0.15, 0.2) is 0 Å². The molecule has 1 heterocycles. The van der Waals surface area contributed by atoms with E-state index in [1.54, 1.807) is 0 Å². The van der Waals surface area contributed by atoms with Crippen LogP contribution < -0.4 is 5.32 Å². The molecular weight excluding hydrogens is 356 g/mol. The van der Waals surface area contributed by atoms with Crippen molar-refractivity contribution in [3.63, 3.8) is 0 Å². The number of allylic oxidation sites excluding steroid dienone is 2. The van der Waals surface area contributed by atoms with E-state index >= 15 is 0 Å². The molecule has 1 aliphatic carbocycles. The van der Waals surface area contributed by atoms with Gasteiger partial charge in [0, 0.05) is 41.0 Å². The highest BCUT2D eigenvalue weighted by Gasteiger charge is 2.22. The largest absolute Gasteiger partial charge is 0.361 e. The third-order valence-electron chi connectivity index (χ3n) is 5.34. The summed E-state index contributed by atoms with van der Waals surface area (Å²) in [7, 11) is 0. The van der Waals surface area contributed by atoms with E-state index in [1.807, 2.05) is 42.6 Å². The summed E-state index contributed by atoms with van der Waals surface area (Å²) >= 11 is 6.51. The summed E-state index contributed by atoms with van der Waals surface area (Å²) in [4.78, 5) is 15.8. The van der Waals surface area contributed by atoms with E-state index in [0.29, 0.717) is 18.9 Å². The van der Waals surface area contributed by atoms with E-state index in [4.69, 9.17) is 11.6 Å². The maximum absolute atomic E-state index is 12.5. The molecule has 2 aromatic carbocycles. The van der Waals surface area contributed by atoms with Crippen LogP contribution in [0.2, 0.25) is 5.02 Å². The number of rotatable bonds is 6. The third-order valence-corrected chi connectivity index (χ3v) is 5.68. The Kier molecular flexibility index (Phi) is 5.30. The number of H-pyrrole nitrogens is 1. The summed E-state index contributed by atoms with van der Waals surface area (Å²) in [6.07, 6.45) is 9.06. The molecule has 3 aromatic rings. The van der Waals surface area contributed by atoms with Crippen LogP contribution in [0.1, 0.15) is 36.3 Å². The highest BCUT2D eigenvalue weighted by molar-refractivity contribution is 6.31. The van der Waals surface area contributed by atoms with Crippen LogP contribution in [0.15, 0.2) is 66.9 Å². The quantitative estimate of drug-likeness (QED) is 0.552. The highest BCUT2D eigenvalue weighted by Crippen LogP contribution is 2.34. The molecule has 0 fully saturated rings. The molecule has 0 saturated carbocycles. The van der Waals surface area contributed by atoms with E-state index in [9.17, 15) is 4.79 Å². The Balaban J connectivity index is 1.60. The first kappa shape index (κ1) is 17.9. The van der Waals surface area contributed by atoms with Crippen LogP contribution in [-0.4, -0.2) is 17.4 Å². The van der Waals surface area contributed by atoms with Gasteiger partial charge < -0.3 is 10.3 Å². The molecule has 4 rings (SSSR count). The average molecular weight is 379 g/mol. The number of fused-ring (bicyclic) bond motifs is 1. The fourth-order valence-electron chi connectivity index (χ4n) is 3.92. The Morgan fingerprint density at radius 3 is 2.78 bits per heavy atom. The first-order chi connectivity index (χ1) is 13.2. The summed E-state index contributed by atoms with van der Waals surface area (Å²) in [6, 6.07) is 16.1. The zero-order valence-electron chi connectivity index (χ0n) is 15.1. The van der Waals surface area contributed by atoms with Crippen molar-refractivity contribution in [3.8, 4) is 0 Å². The minimum Gasteiger partial charge on any atom is -0.361 e. The minimum atomic E-state index is -0.00193. The molecule has 0 saturated heterocycles. The van der Waals surface area contributed by atoms with Gasteiger partial charge in [-0.05, 0) is 42.0 Å². The number of carbonyl (C=O) groups excluding carboxylic acids is 1. The lowest BCUT2D eigenvalue weighted by Crippen LogP contribution is -2.30. The molecule has 27 heavy (non-hydrogen) atoms. The zero-order valence-corrected chi connectivity index (χ0v) is 15.9. The van der Waals surface area contributed by atoms with Crippen molar-refractivity contribution in [2.24, 2.45) is 5.92 Å². The van der Waals surface area contributed by atoms with Gasteiger partial charge in [0.05, 0.1) is 0 Å². The monoisotopic (exact) mass is 378 g/mol. The molecule has 1 aromatic heterocycles. The first-order valence-electron chi connectivity index (χ1n) is 9.46. The van der Waals surface area contributed by atoms with Gasteiger partial charge in [-0.3, -0.25) is 4.79 Å². The van der Waals surface area contributed by atoms with E-state index < -0.39 is 0 Å². The number of para-hydroxylation sites is 1. The van der Waals surface area contributed by atoms with Crippen molar-refractivity contribution in [1.82, 2.24) is 10.3 Å². The number of hydrogen-bond donors (Lipinski definition) is 2. The number of carbonyl (C=O) groups is 1. The van der Waals surface area contributed by atoms with Crippen molar-refractivity contribution in [3.05, 3.63) is 83.0 Å². The van der Waals surface area contributed by atoms with E-state index in [0.717, 1.165) is 39.9 Å². The van der Waals surface area contributed by atoms with Crippen LogP contribution in [-0.2, 0) is 4.79 Å². The third kappa shape index (κ3) is 3.93. The number of benzene rings is 2. The maximum Gasteiger partial charge on any atom is 0.220 e. The Labute approximate surface area is 164 Å². The van der Waals surface area contributed by atoms with Crippen LogP contribution in [0.5, 0.6) is 0 Å². The molecule has 1 aliphatic rings. The molecule has 3 nitrogen and oxygen atoms in total. The molecule has 0 aliphatic heterocycles. The summed E-state index contributed by atoms with van der Waals surface area (Å²) in [5, 5.41) is 5.03. The fraction of sp³-hybridized carbons (Fsp3) is 0.261. The summed E-state index contributed by atoms with van der Waals surface area (Å²) in [5.41, 5.74) is 3.27. The number of nitrogens with one attached hydrogen (secondary N) is 2. The van der Waals surface area contributed by atoms with Gasteiger partial charge in [0.1, 0.15) is 0 Å². The van der Waals surface area contributed by atoms with E-state index in [-0.39, 0.29) is 11.8 Å². The molecule has 2 atom stereocenters. The van der Waals surface area contributed by atoms with Crippen molar-refractivity contribution < 1.29 is 4.79 Å². The summed E-state index contributed by atoms with van der Waals surface area (Å²) < 4.78 is 0. The SMILES string of the molecule is O=C(C[C@H]1C=CCC1)NC[C@H](c1ccccc1Cl)c1c[nH]c2ccccc12. The minimum absolute atomic E-state index is 0.00193. The lowest BCUT2D eigenvalue weighted by Gasteiger charge is -2.20. The van der Waals surface area contributed by atoms with E-state index in [2.05, 4.69) is 34.6 Å². The molecule has 0 spiro atoms. The highest BCUT2D eigenvalue weighted by atomic mass is 35.5. The second kappa shape index (κ2) is 8.01. The van der Waals surface area contributed by atoms with Gasteiger partial charge in [-0.1, -0.05) is 60.2 Å². The summed E-state index contributed by atoms with van der Waals surface area (Å²) in [5.74, 6) is 0.471. The van der Waals surface area contributed by atoms with Crippen LogP contribution in [0.3, 0.4) is 0 Å². The molecule has 1 amide bonds.